The molecule has 1 amide bonds. The fraction of sp³-hybridized carbons (Fsp3) is 0.211. The molecule has 0 saturated heterocycles. The molecule has 0 saturated carbocycles. The van der Waals surface area contributed by atoms with Crippen LogP contribution in [0.1, 0.15) is 12.5 Å². The van der Waals surface area contributed by atoms with Gasteiger partial charge in [0, 0.05) is 15.6 Å². The minimum Gasteiger partial charge on any atom is -0.480 e. The van der Waals surface area contributed by atoms with E-state index in [1.165, 1.54) is 6.92 Å². The minimum absolute atomic E-state index is 0.0705. The van der Waals surface area contributed by atoms with Crippen LogP contribution in [-0.2, 0) is 16.0 Å². The van der Waals surface area contributed by atoms with Crippen molar-refractivity contribution in [2.45, 2.75) is 25.4 Å². The van der Waals surface area contributed by atoms with Crippen molar-refractivity contribution in [3.8, 4) is 11.1 Å². The van der Waals surface area contributed by atoms with Gasteiger partial charge >= 0.3 is 5.97 Å². The predicted molar refractivity (Wildman–Crippen MR) is 116 cm³/mol. The van der Waals surface area contributed by atoms with E-state index in [1.54, 1.807) is 18.2 Å². The van der Waals surface area contributed by atoms with Gasteiger partial charge in [-0.2, -0.15) is 5.21 Å². The van der Waals surface area contributed by atoms with Gasteiger partial charge in [0.05, 0.1) is 6.04 Å². The maximum absolute atomic E-state index is 12.6. The Morgan fingerprint density at radius 3 is 2.55 bits per heavy atom. The molecular weight excluding hydrogens is 445 g/mol. The number of hydrogen-bond acceptors (Lipinski definition) is 7. The van der Waals surface area contributed by atoms with Crippen molar-refractivity contribution in [1.29, 1.82) is 0 Å². The van der Waals surface area contributed by atoms with Gasteiger partial charge in [0.1, 0.15) is 6.04 Å². The standard InChI is InChI=1S/C19H19Cl2N7O3/c1-10(18(30)31)22-16(17(29)23-24-19-25-27-28-26-19)8-11-2-4-12(5-3-11)14-9-13(20)6-7-15(14)21/h2-7,9-10,16,22H,8H2,1H3,(H,23,29)(H,30,31)(H2,24,25,26,27,28)/t10-,16-/m0/s1. The number of rotatable bonds is 9. The lowest BCUT2D eigenvalue weighted by Gasteiger charge is -2.21. The van der Waals surface area contributed by atoms with Crippen molar-refractivity contribution in [2.24, 2.45) is 0 Å². The van der Waals surface area contributed by atoms with Crippen LogP contribution < -0.4 is 16.2 Å². The third-order valence-corrected chi connectivity index (χ3v) is 4.98. The Hall–Kier alpha value is -3.21. The van der Waals surface area contributed by atoms with Crippen LogP contribution >= 0.6 is 23.2 Å². The number of benzene rings is 2. The maximum atomic E-state index is 12.6. The molecular formula is C19H19Cl2N7O3. The van der Waals surface area contributed by atoms with Crippen LogP contribution in [0.25, 0.3) is 11.1 Å². The summed E-state index contributed by atoms with van der Waals surface area (Å²) in [6.07, 6.45) is 0.237. The number of amides is 1. The Morgan fingerprint density at radius 1 is 1.16 bits per heavy atom. The van der Waals surface area contributed by atoms with Crippen molar-refractivity contribution >= 4 is 41.0 Å². The Balaban J connectivity index is 1.74. The van der Waals surface area contributed by atoms with Crippen LogP contribution in [0.15, 0.2) is 42.5 Å². The number of nitrogens with zero attached hydrogens (tertiary/aromatic N) is 3. The Labute approximate surface area is 187 Å². The summed E-state index contributed by atoms with van der Waals surface area (Å²) >= 11 is 12.3. The highest BCUT2D eigenvalue weighted by molar-refractivity contribution is 6.35. The van der Waals surface area contributed by atoms with E-state index in [0.717, 1.165) is 16.7 Å². The van der Waals surface area contributed by atoms with E-state index in [9.17, 15) is 14.7 Å². The first-order chi connectivity index (χ1) is 14.8. The number of carbonyl (C=O) groups is 2. The number of hydrazine groups is 1. The smallest absolute Gasteiger partial charge is 0.320 e. The van der Waals surface area contributed by atoms with Crippen LogP contribution in [0.3, 0.4) is 0 Å². The van der Waals surface area contributed by atoms with Gasteiger partial charge in [0.25, 0.3) is 11.9 Å². The molecule has 12 heteroatoms. The molecule has 0 aliphatic carbocycles. The zero-order valence-electron chi connectivity index (χ0n) is 16.3. The normalized spacial score (nSPS) is 12.7. The third-order valence-electron chi connectivity index (χ3n) is 4.41. The number of carbonyl (C=O) groups excluding carboxylic acids is 1. The SMILES string of the molecule is C[C@H](N[C@@H](Cc1ccc(-c2cc(Cl)ccc2Cl)cc1)C(=O)NNc1nn[nH]n1)C(=O)O. The quantitative estimate of drug-likeness (QED) is 0.304. The van der Waals surface area contributed by atoms with Crippen molar-refractivity contribution < 1.29 is 14.7 Å². The predicted octanol–water partition coefficient (Wildman–Crippen LogP) is 2.29. The molecule has 0 fully saturated rings. The number of nitrogens with one attached hydrogen (secondary N) is 4. The summed E-state index contributed by atoms with van der Waals surface area (Å²) < 4.78 is 0. The molecule has 0 aliphatic rings. The molecule has 31 heavy (non-hydrogen) atoms. The number of tetrazole rings is 1. The van der Waals surface area contributed by atoms with E-state index < -0.39 is 24.0 Å². The number of aromatic amines is 1. The molecule has 0 radical (unpaired) electrons. The first-order valence-electron chi connectivity index (χ1n) is 9.16. The monoisotopic (exact) mass is 463 g/mol. The minimum atomic E-state index is -1.07. The van der Waals surface area contributed by atoms with Gasteiger partial charge in [-0.05, 0) is 47.9 Å². The Bertz CT molecular complexity index is 1050. The summed E-state index contributed by atoms with van der Waals surface area (Å²) in [6, 6.07) is 10.8. The van der Waals surface area contributed by atoms with Crippen molar-refractivity contribution in [3.05, 3.63) is 58.1 Å². The molecule has 10 nitrogen and oxygen atoms in total. The van der Waals surface area contributed by atoms with Crippen molar-refractivity contribution in [1.82, 2.24) is 31.4 Å². The lowest BCUT2D eigenvalue weighted by atomic mass is 10.00. The molecule has 1 heterocycles. The molecule has 3 aromatic rings. The van der Waals surface area contributed by atoms with E-state index in [4.69, 9.17) is 23.2 Å². The third kappa shape index (κ3) is 6.14. The first-order valence-corrected chi connectivity index (χ1v) is 9.91. The molecule has 0 aliphatic heterocycles. The lowest BCUT2D eigenvalue weighted by molar-refractivity contribution is -0.139. The van der Waals surface area contributed by atoms with Crippen LogP contribution in [0, 0.1) is 0 Å². The van der Waals surface area contributed by atoms with Crippen molar-refractivity contribution in [2.75, 3.05) is 5.43 Å². The van der Waals surface area contributed by atoms with Crippen LogP contribution in [-0.4, -0.2) is 49.7 Å². The summed E-state index contributed by atoms with van der Waals surface area (Å²) in [4.78, 5) is 23.9. The van der Waals surface area contributed by atoms with Gasteiger partial charge in [0.15, 0.2) is 0 Å². The fourth-order valence-electron chi connectivity index (χ4n) is 2.79. The van der Waals surface area contributed by atoms with Gasteiger partial charge in [-0.15, -0.1) is 5.10 Å². The molecule has 1 aromatic heterocycles. The largest absolute Gasteiger partial charge is 0.480 e. The molecule has 2 atom stereocenters. The average molecular weight is 464 g/mol. The first kappa shape index (κ1) is 22.5. The summed E-state index contributed by atoms with van der Waals surface area (Å²) in [7, 11) is 0. The molecule has 162 valence electrons. The van der Waals surface area contributed by atoms with Gasteiger partial charge < -0.3 is 5.11 Å². The zero-order chi connectivity index (χ0) is 22.4. The molecule has 2 aromatic carbocycles. The summed E-state index contributed by atoms with van der Waals surface area (Å²) in [5, 5.41) is 26.1. The molecule has 0 unspecified atom stereocenters. The van der Waals surface area contributed by atoms with Crippen LogP contribution in [0.4, 0.5) is 5.95 Å². The summed E-state index contributed by atoms with van der Waals surface area (Å²) in [6.45, 7) is 1.46. The highest BCUT2D eigenvalue weighted by Gasteiger charge is 2.24. The lowest BCUT2D eigenvalue weighted by Crippen LogP contribution is -2.52. The number of carboxylic acids is 1. The van der Waals surface area contributed by atoms with E-state index >= 15 is 0 Å². The molecule has 5 N–H and O–H groups in total. The second-order valence-corrected chi connectivity index (χ2v) is 7.50. The van der Waals surface area contributed by atoms with Crippen LogP contribution in [0.5, 0.6) is 0 Å². The van der Waals surface area contributed by atoms with E-state index in [-0.39, 0.29) is 12.4 Å². The zero-order valence-corrected chi connectivity index (χ0v) is 17.8. The van der Waals surface area contributed by atoms with E-state index in [1.807, 2.05) is 24.3 Å². The summed E-state index contributed by atoms with van der Waals surface area (Å²) in [5.41, 5.74) is 7.41. The fourth-order valence-corrected chi connectivity index (χ4v) is 3.19. The number of H-pyrrole nitrogens is 1. The Morgan fingerprint density at radius 2 is 1.90 bits per heavy atom. The number of aliphatic carboxylic acids is 1. The second-order valence-electron chi connectivity index (χ2n) is 6.65. The topological polar surface area (TPSA) is 145 Å². The van der Waals surface area contributed by atoms with Crippen LogP contribution in [0.2, 0.25) is 10.0 Å². The summed E-state index contributed by atoms with van der Waals surface area (Å²) in [5.74, 6) is -1.49. The molecule has 0 spiro atoms. The molecule has 3 rings (SSSR count). The maximum Gasteiger partial charge on any atom is 0.320 e. The highest BCUT2D eigenvalue weighted by Crippen LogP contribution is 2.30. The number of carboxylic acid groups (broad SMARTS) is 1. The second kappa shape index (κ2) is 10.2. The van der Waals surface area contributed by atoms with Crippen molar-refractivity contribution in [3.63, 3.8) is 0 Å². The Kier molecular flexibility index (Phi) is 7.40. The number of anilines is 1. The number of aromatic nitrogens is 4. The van der Waals surface area contributed by atoms with Gasteiger partial charge in [0.2, 0.25) is 0 Å². The molecule has 0 bridgehead atoms. The number of hydrogen-bond donors (Lipinski definition) is 5. The van der Waals surface area contributed by atoms with E-state index in [2.05, 4.69) is 36.8 Å². The average Bonchev–Trinajstić information content (AvgIpc) is 3.27. The van der Waals surface area contributed by atoms with Gasteiger partial charge in [-0.3, -0.25) is 25.8 Å². The van der Waals surface area contributed by atoms with E-state index in [0.29, 0.717) is 10.0 Å². The highest BCUT2D eigenvalue weighted by atomic mass is 35.5. The number of halogens is 2. The van der Waals surface area contributed by atoms with Gasteiger partial charge in [-0.25, -0.2) is 0 Å². The van der Waals surface area contributed by atoms with Gasteiger partial charge in [-0.1, -0.05) is 52.6 Å².